The lowest BCUT2D eigenvalue weighted by Crippen LogP contribution is -2.45. The third kappa shape index (κ3) is 3.34. The van der Waals surface area contributed by atoms with E-state index >= 15 is 0 Å². The molecule has 0 aliphatic heterocycles. The number of aliphatic hydroxyl groups is 1. The summed E-state index contributed by atoms with van der Waals surface area (Å²) in [5.74, 6) is 0.605. The van der Waals surface area contributed by atoms with Crippen LogP contribution in [0.4, 0.5) is 0 Å². The van der Waals surface area contributed by atoms with E-state index in [1.807, 2.05) is 0 Å². The summed E-state index contributed by atoms with van der Waals surface area (Å²) in [5.41, 5.74) is -0.422. The Balaban J connectivity index is 2.01. The van der Waals surface area contributed by atoms with Crippen molar-refractivity contribution in [2.45, 2.75) is 50.0 Å². The summed E-state index contributed by atoms with van der Waals surface area (Å²) in [6.07, 6.45) is 4.43. The molecule has 1 saturated carbocycles. The minimum Gasteiger partial charge on any atom is -0.389 e. The van der Waals surface area contributed by atoms with E-state index < -0.39 is 15.6 Å². The second-order valence-corrected chi connectivity index (χ2v) is 7.33. The average Bonchev–Trinajstić information content (AvgIpc) is 2.79. The molecule has 0 saturated heterocycles. The molecule has 1 aliphatic rings. The molecule has 3 N–H and O–H groups in total. The molecule has 1 heterocycles. The highest BCUT2D eigenvalue weighted by atomic mass is 32.2. The first-order valence-electron chi connectivity index (χ1n) is 6.54. The smallest absolute Gasteiger partial charge is 0.244 e. The molecule has 7 heteroatoms. The molecule has 0 bridgehead atoms. The molecule has 0 amide bonds. The summed E-state index contributed by atoms with van der Waals surface area (Å²) < 4.78 is 26.7. The number of aryl methyl sites for hydroxylation is 1. The van der Waals surface area contributed by atoms with Gasteiger partial charge < -0.3 is 5.11 Å². The first-order chi connectivity index (χ1) is 8.82. The Bertz CT molecular complexity index is 530. The number of nitrogens with zero attached hydrogens (tertiary/aromatic N) is 1. The van der Waals surface area contributed by atoms with E-state index in [1.54, 1.807) is 6.92 Å². The van der Waals surface area contributed by atoms with Gasteiger partial charge in [-0.15, -0.1) is 0 Å². The zero-order valence-corrected chi connectivity index (χ0v) is 12.1. The molecule has 2 rings (SSSR count). The van der Waals surface area contributed by atoms with Gasteiger partial charge in [0.15, 0.2) is 0 Å². The Morgan fingerprint density at radius 2 is 2.16 bits per heavy atom. The number of hydrogen-bond donors (Lipinski definition) is 3. The van der Waals surface area contributed by atoms with E-state index in [9.17, 15) is 13.5 Å². The summed E-state index contributed by atoms with van der Waals surface area (Å²) in [6, 6.07) is 0. The maximum absolute atomic E-state index is 12.1. The number of H-pyrrole nitrogens is 1. The zero-order valence-electron chi connectivity index (χ0n) is 11.3. The van der Waals surface area contributed by atoms with Crippen LogP contribution in [0.5, 0.6) is 0 Å². The van der Waals surface area contributed by atoms with Crippen LogP contribution in [0.2, 0.25) is 0 Å². The number of sulfonamides is 1. The van der Waals surface area contributed by atoms with Gasteiger partial charge in [0.1, 0.15) is 4.90 Å². The lowest BCUT2D eigenvalue weighted by molar-refractivity contribution is -0.00183. The van der Waals surface area contributed by atoms with Crippen molar-refractivity contribution < 1.29 is 13.5 Å². The highest BCUT2D eigenvalue weighted by Crippen LogP contribution is 2.31. The molecule has 0 spiro atoms. The van der Waals surface area contributed by atoms with Crippen LogP contribution in [0, 0.1) is 12.8 Å². The van der Waals surface area contributed by atoms with Crippen LogP contribution in [-0.4, -0.2) is 35.9 Å². The summed E-state index contributed by atoms with van der Waals surface area (Å²) in [4.78, 5) is 0.139. The first-order valence-corrected chi connectivity index (χ1v) is 8.03. The quantitative estimate of drug-likeness (QED) is 0.768. The molecule has 0 radical (unpaired) electrons. The summed E-state index contributed by atoms with van der Waals surface area (Å²) in [7, 11) is -3.60. The van der Waals surface area contributed by atoms with Gasteiger partial charge in [0.05, 0.1) is 17.5 Å². The van der Waals surface area contributed by atoms with Gasteiger partial charge in [0, 0.05) is 6.54 Å². The largest absolute Gasteiger partial charge is 0.389 e. The molecule has 1 fully saturated rings. The van der Waals surface area contributed by atoms with Crippen LogP contribution in [-0.2, 0) is 10.0 Å². The number of aromatic nitrogens is 2. The molecular formula is C12H21N3O3S. The Morgan fingerprint density at radius 1 is 1.53 bits per heavy atom. The van der Waals surface area contributed by atoms with E-state index in [1.165, 1.54) is 6.20 Å². The van der Waals surface area contributed by atoms with E-state index in [0.29, 0.717) is 24.5 Å². The minimum atomic E-state index is -3.60. The lowest BCUT2D eigenvalue weighted by atomic mass is 9.80. The maximum atomic E-state index is 12.1. The van der Waals surface area contributed by atoms with Crippen molar-refractivity contribution in [2.75, 3.05) is 6.54 Å². The number of rotatable bonds is 4. The topological polar surface area (TPSA) is 95.1 Å². The maximum Gasteiger partial charge on any atom is 0.244 e. The fourth-order valence-corrected chi connectivity index (χ4v) is 3.65. The Kier molecular flexibility index (Phi) is 3.98. The van der Waals surface area contributed by atoms with Crippen LogP contribution in [0.3, 0.4) is 0 Å². The standard InChI is InChI=1S/C12H21N3O3S/c1-9-3-5-12(16,6-4-9)8-14-19(17,18)11-7-13-15-10(11)2/h7,9,14,16H,3-6,8H2,1-2H3,(H,13,15). The molecule has 0 aromatic carbocycles. The zero-order chi connectivity index (χ0) is 14.1. The van der Waals surface area contributed by atoms with Crippen LogP contribution < -0.4 is 4.72 Å². The molecule has 1 aliphatic carbocycles. The van der Waals surface area contributed by atoms with Crippen molar-refractivity contribution >= 4 is 10.0 Å². The third-order valence-corrected chi connectivity index (χ3v) is 5.38. The normalized spacial score (nSPS) is 28.5. The second-order valence-electron chi connectivity index (χ2n) is 5.59. The molecule has 1 aromatic heterocycles. The van der Waals surface area contributed by atoms with Crippen molar-refractivity contribution in [3.05, 3.63) is 11.9 Å². The highest BCUT2D eigenvalue weighted by Gasteiger charge is 2.33. The van der Waals surface area contributed by atoms with E-state index in [-0.39, 0.29) is 11.4 Å². The molecule has 108 valence electrons. The Hall–Kier alpha value is -0.920. The van der Waals surface area contributed by atoms with Gasteiger partial charge in [0.25, 0.3) is 0 Å². The van der Waals surface area contributed by atoms with Crippen molar-refractivity contribution in [2.24, 2.45) is 5.92 Å². The van der Waals surface area contributed by atoms with E-state index in [0.717, 1.165) is 12.8 Å². The number of aromatic amines is 1. The molecule has 0 atom stereocenters. The second kappa shape index (κ2) is 5.22. The summed E-state index contributed by atoms with van der Waals surface area (Å²) in [6.45, 7) is 3.86. The number of hydrogen-bond acceptors (Lipinski definition) is 4. The van der Waals surface area contributed by atoms with Crippen molar-refractivity contribution in [3.63, 3.8) is 0 Å². The van der Waals surface area contributed by atoms with Gasteiger partial charge in [-0.2, -0.15) is 5.10 Å². The van der Waals surface area contributed by atoms with Crippen LogP contribution >= 0.6 is 0 Å². The van der Waals surface area contributed by atoms with E-state index in [2.05, 4.69) is 21.8 Å². The van der Waals surface area contributed by atoms with E-state index in [4.69, 9.17) is 0 Å². The first kappa shape index (κ1) is 14.5. The Labute approximate surface area is 113 Å². The van der Waals surface area contributed by atoms with Crippen LogP contribution in [0.1, 0.15) is 38.3 Å². The van der Waals surface area contributed by atoms with Gasteiger partial charge in [-0.3, -0.25) is 5.10 Å². The molecule has 19 heavy (non-hydrogen) atoms. The van der Waals surface area contributed by atoms with Gasteiger partial charge in [-0.05, 0) is 38.5 Å². The van der Waals surface area contributed by atoms with Crippen LogP contribution in [0.25, 0.3) is 0 Å². The minimum absolute atomic E-state index is 0.0622. The molecule has 0 unspecified atom stereocenters. The van der Waals surface area contributed by atoms with Crippen LogP contribution in [0.15, 0.2) is 11.1 Å². The van der Waals surface area contributed by atoms with Crippen molar-refractivity contribution in [1.29, 1.82) is 0 Å². The van der Waals surface area contributed by atoms with Gasteiger partial charge in [-0.1, -0.05) is 6.92 Å². The average molecular weight is 287 g/mol. The molecule has 1 aromatic rings. The Morgan fingerprint density at radius 3 is 2.68 bits per heavy atom. The lowest BCUT2D eigenvalue weighted by Gasteiger charge is -2.34. The fraction of sp³-hybridized carbons (Fsp3) is 0.750. The predicted octanol–water partition coefficient (Wildman–Crippen LogP) is 0.938. The highest BCUT2D eigenvalue weighted by molar-refractivity contribution is 7.89. The summed E-state index contributed by atoms with van der Waals surface area (Å²) in [5, 5.41) is 16.7. The van der Waals surface area contributed by atoms with Gasteiger partial charge in [-0.25, -0.2) is 13.1 Å². The van der Waals surface area contributed by atoms with Gasteiger partial charge >= 0.3 is 0 Å². The SMILES string of the molecule is Cc1[nH]ncc1S(=O)(=O)NCC1(O)CCC(C)CC1. The fourth-order valence-electron chi connectivity index (χ4n) is 2.39. The molecule has 6 nitrogen and oxygen atoms in total. The summed E-state index contributed by atoms with van der Waals surface area (Å²) >= 11 is 0. The van der Waals surface area contributed by atoms with Gasteiger partial charge in [0.2, 0.25) is 10.0 Å². The van der Waals surface area contributed by atoms with Crippen molar-refractivity contribution in [1.82, 2.24) is 14.9 Å². The van der Waals surface area contributed by atoms with Crippen molar-refractivity contribution in [3.8, 4) is 0 Å². The number of nitrogens with one attached hydrogen (secondary N) is 2. The molecular weight excluding hydrogens is 266 g/mol. The third-order valence-electron chi connectivity index (χ3n) is 3.87. The monoisotopic (exact) mass is 287 g/mol. The predicted molar refractivity (Wildman–Crippen MR) is 71.1 cm³/mol.